The van der Waals surface area contributed by atoms with E-state index in [4.69, 9.17) is 0 Å². The zero-order valence-electron chi connectivity index (χ0n) is 12.0. The molecule has 0 amide bonds. The molecule has 3 heteroatoms. The van der Waals surface area contributed by atoms with Crippen LogP contribution >= 0.6 is 0 Å². The largest absolute Gasteiger partial charge is 0.317 e. The number of benzene rings is 1. The zero-order chi connectivity index (χ0) is 13.7. The van der Waals surface area contributed by atoms with E-state index in [1.165, 1.54) is 18.4 Å². The van der Waals surface area contributed by atoms with Crippen molar-refractivity contribution in [2.24, 2.45) is 11.8 Å². The second-order valence-electron chi connectivity index (χ2n) is 5.87. The molecule has 19 heavy (non-hydrogen) atoms. The third-order valence-electron chi connectivity index (χ3n) is 3.98. The molecule has 1 aliphatic rings. The van der Waals surface area contributed by atoms with Crippen LogP contribution in [-0.4, -0.2) is 19.6 Å². The predicted molar refractivity (Wildman–Crippen MR) is 77.6 cm³/mol. The second kappa shape index (κ2) is 7.01. The first-order chi connectivity index (χ1) is 9.16. The topological polar surface area (TPSA) is 24.1 Å². The Kier molecular flexibility index (Phi) is 5.34. The number of piperidine rings is 1. The molecule has 2 N–H and O–H groups in total. The minimum atomic E-state index is -0.162. The zero-order valence-corrected chi connectivity index (χ0v) is 12.0. The van der Waals surface area contributed by atoms with Crippen LogP contribution in [0, 0.1) is 17.7 Å². The minimum absolute atomic E-state index is 0.162. The molecule has 1 saturated heterocycles. The molecule has 0 bridgehead atoms. The van der Waals surface area contributed by atoms with Gasteiger partial charge in [-0.15, -0.1) is 0 Å². The monoisotopic (exact) mass is 264 g/mol. The van der Waals surface area contributed by atoms with E-state index in [1.807, 2.05) is 12.1 Å². The lowest BCUT2D eigenvalue weighted by molar-refractivity contribution is 0.317. The molecule has 0 radical (unpaired) electrons. The Labute approximate surface area is 115 Å². The Morgan fingerprint density at radius 1 is 1.21 bits per heavy atom. The SMILES string of the molecule is CC(C)C(NCC1CCNCC1)c1ccc(F)cc1. The van der Waals surface area contributed by atoms with Gasteiger partial charge in [0.25, 0.3) is 0 Å². The molecule has 1 aromatic rings. The van der Waals surface area contributed by atoms with Crippen LogP contribution in [0.2, 0.25) is 0 Å². The van der Waals surface area contributed by atoms with Crippen molar-refractivity contribution in [1.29, 1.82) is 0 Å². The van der Waals surface area contributed by atoms with Gasteiger partial charge in [0.2, 0.25) is 0 Å². The average molecular weight is 264 g/mol. The highest BCUT2D eigenvalue weighted by Crippen LogP contribution is 2.23. The molecule has 0 spiro atoms. The fraction of sp³-hybridized carbons (Fsp3) is 0.625. The summed E-state index contributed by atoms with van der Waals surface area (Å²) in [6.07, 6.45) is 2.50. The number of nitrogens with one attached hydrogen (secondary N) is 2. The first kappa shape index (κ1) is 14.5. The number of hydrogen-bond acceptors (Lipinski definition) is 2. The van der Waals surface area contributed by atoms with Crippen molar-refractivity contribution >= 4 is 0 Å². The maximum absolute atomic E-state index is 13.0. The van der Waals surface area contributed by atoms with E-state index >= 15 is 0 Å². The van der Waals surface area contributed by atoms with E-state index in [9.17, 15) is 4.39 Å². The van der Waals surface area contributed by atoms with E-state index < -0.39 is 0 Å². The van der Waals surface area contributed by atoms with E-state index in [1.54, 1.807) is 12.1 Å². The van der Waals surface area contributed by atoms with Crippen LogP contribution in [0.3, 0.4) is 0 Å². The molecule has 2 nitrogen and oxygen atoms in total. The molecule has 0 aromatic heterocycles. The third-order valence-corrected chi connectivity index (χ3v) is 3.98. The minimum Gasteiger partial charge on any atom is -0.317 e. The van der Waals surface area contributed by atoms with Crippen LogP contribution < -0.4 is 10.6 Å². The molecule has 1 heterocycles. The van der Waals surface area contributed by atoms with Gasteiger partial charge in [-0.2, -0.15) is 0 Å². The first-order valence-electron chi connectivity index (χ1n) is 7.36. The van der Waals surface area contributed by atoms with Crippen molar-refractivity contribution < 1.29 is 4.39 Å². The summed E-state index contributed by atoms with van der Waals surface area (Å²) in [4.78, 5) is 0. The van der Waals surface area contributed by atoms with E-state index in [0.717, 1.165) is 25.6 Å². The lowest BCUT2D eigenvalue weighted by Crippen LogP contribution is -2.36. The molecular formula is C16H25FN2. The number of rotatable bonds is 5. The van der Waals surface area contributed by atoms with Crippen LogP contribution in [0.1, 0.15) is 38.3 Å². The van der Waals surface area contributed by atoms with E-state index in [0.29, 0.717) is 12.0 Å². The molecule has 1 unspecified atom stereocenters. The Morgan fingerprint density at radius 2 is 1.84 bits per heavy atom. The smallest absolute Gasteiger partial charge is 0.123 e. The Balaban J connectivity index is 1.94. The highest BCUT2D eigenvalue weighted by molar-refractivity contribution is 5.20. The van der Waals surface area contributed by atoms with E-state index in [2.05, 4.69) is 24.5 Å². The maximum atomic E-state index is 13.0. The Morgan fingerprint density at radius 3 is 2.42 bits per heavy atom. The fourth-order valence-corrected chi connectivity index (χ4v) is 2.79. The molecular weight excluding hydrogens is 239 g/mol. The molecule has 0 saturated carbocycles. The van der Waals surface area contributed by atoms with Crippen molar-refractivity contribution in [3.63, 3.8) is 0 Å². The highest BCUT2D eigenvalue weighted by atomic mass is 19.1. The van der Waals surface area contributed by atoms with Gasteiger partial charge in [-0.25, -0.2) is 4.39 Å². The molecule has 1 aliphatic heterocycles. The van der Waals surface area contributed by atoms with Gasteiger partial charge in [0.05, 0.1) is 0 Å². The summed E-state index contributed by atoms with van der Waals surface area (Å²) in [6.45, 7) is 7.75. The summed E-state index contributed by atoms with van der Waals surface area (Å²) in [5.41, 5.74) is 1.19. The van der Waals surface area contributed by atoms with Gasteiger partial charge in [0.15, 0.2) is 0 Å². The van der Waals surface area contributed by atoms with Crippen LogP contribution in [0.4, 0.5) is 4.39 Å². The number of hydrogen-bond donors (Lipinski definition) is 2. The lowest BCUT2D eigenvalue weighted by Gasteiger charge is -2.28. The normalized spacial score (nSPS) is 18.7. The van der Waals surface area contributed by atoms with Gasteiger partial charge in [0.1, 0.15) is 5.82 Å². The number of halogens is 1. The molecule has 1 aromatic carbocycles. The molecule has 106 valence electrons. The fourth-order valence-electron chi connectivity index (χ4n) is 2.79. The van der Waals surface area contributed by atoms with E-state index in [-0.39, 0.29) is 5.82 Å². The average Bonchev–Trinajstić information content (AvgIpc) is 2.42. The summed E-state index contributed by atoms with van der Waals surface area (Å²) < 4.78 is 13.0. The Hall–Kier alpha value is -0.930. The summed E-state index contributed by atoms with van der Waals surface area (Å²) >= 11 is 0. The Bertz CT molecular complexity index is 369. The maximum Gasteiger partial charge on any atom is 0.123 e. The van der Waals surface area contributed by atoms with Gasteiger partial charge in [0, 0.05) is 6.04 Å². The second-order valence-corrected chi connectivity index (χ2v) is 5.87. The van der Waals surface area contributed by atoms with Crippen LogP contribution in [0.25, 0.3) is 0 Å². The predicted octanol–water partition coefficient (Wildman–Crippen LogP) is 3.11. The van der Waals surface area contributed by atoms with Crippen molar-refractivity contribution in [2.75, 3.05) is 19.6 Å². The van der Waals surface area contributed by atoms with Gasteiger partial charge in [-0.1, -0.05) is 26.0 Å². The first-order valence-corrected chi connectivity index (χ1v) is 7.36. The summed E-state index contributed by atoms with van der Waals surface area (Å²) in [7, 11) is 0. The van der Waals surface area contributed by atoms with Crippen LogP contribution in [-0.2, 0) is 0 Å². The molecule has 0 aliphatic carbocycles. The quantitative estimate of drug-likeness (QED) is 0.854. The lowest BCUT2D eigenvalue weighted by atomic mass is 9.93. The van der Waals surface area contributed by atoms with Gasteiger partial charge >= 0.3 is 0 Å². The van der Waals surface area contributed by atoms with Crippen LogP contribution in [0.15, 0.2) is 24.3 Å². The molecule has 1 fully saturated rings. The highest BCUT2D eigenvalue weighted by Gasteiger charge is 2.18. The summed E-state index contributed by atoms with van der Waals surface area (Å²) in [5.74, 6) is 1.11. The van der Waals surface area contributed by atoms with Crippen molar-refractivity contribution in [3.8, 4) is 0 Å². The third kappa shape index (κ3) is 4.29. The van der Waals surface area contributed by atoms with Crippen molar-refractivity contribution in [2.45, 2.75) is 32.7 Å². The van der Waals surface area contributed by atoms with Crippen molar-refractivity contribution in [1.82, 2.24) is 10.6 Å². The summed E-state index contributed by atoms with van der Waals surface area (Å²) in [6, 6.07) is 7.22. The van der Waals surface area contributed by atoms with Gasteiger partial charge < -0.3 is 10.6 Å². The van der Waals surface area contributed by atoms with Crippen molar-refractivity contribution in [3.05, 3.63) is 35.6 Å². The summed E-state index contributed by atoms with van der Waals surface area (Å²) in [5, 5.41) is 7.07. The molecule has 2 rings (SSSR count). The van der Waals surface area contributed by atoms with Crippen LogP contribution in [0.5, 0.6) is 0 Å². The van der Waals surface area contributed by atoms with Gasteiger partial charge in [-0.05, 0) is 62.0 Å². The van der Waals surface area contributed by atoms with Gasteiger partial charge in [-0.3, -0.25) is 0 Å². The molecule has 1 atom stereocenters. The standard InChI is InChI=1S/C16H25FN2/c1-12(2)16(14-3-5-15(17)6-4-14)19-11-13-7-9-18-10-8-13/h3-6,12-13,16,18-19H,7-11H2,1-2H3.